The Morgan fingerprint density at radius 2 is 1.53 bits per heavy atom. The molecule has 0 aromatic carbocycles. The topological polar surface area (TPSA) is 0 Å². The number of halogens is 2. The van der Waals surface area contributed by atoms with Crippen molar-refractivity contribution < 1.29 is 8.78 Å². The molecule has 2 aliphatic rings. The Morgan fingerprint density at radius 1 is 1.06 bits per heavy atom. The van der Waals surface area contributed by atoms with Crippen LogP contribution < -0.4 is 0 Å². The van der Waals surface area contributed by atoms with Crippen LogP contribution in [-0.2, 0) is 0 Å². The second-order valence-corrected chi connectivity index (χ2v) is 6.28. The third-order valence-electron chi connectivity index (χ3n) is 4.24. The average molecular weight is 246 g/mol. The number of hydrogen-bond acceptors (Lipinski definition) is 0. The van der Waals surface area contributed by atoms with Gasteiger partial charge in [0, 0.05) is 12.8 Å². The van der Waals surface area contributed by atoms with E-state index in [-0.39, 0.29) is 18.3 Å². The molecular formula is C15H28F2. The van der Waals surface area contributed by atoms with Gasteiger partial charge < -0.3 is 0 Å². The molecule has 102 valence electrons. The van der Waals surface area contributed by atoms with Gasteiger partial charge in [-0.3, -0.25) is 0 Å². The van der Waals surface area contributed by atoms with Crippen molar-refractivity contribution in [1.82, 2.24) is 0 Å². The minimum absolute atomic E-state index is 0.0526. The van der Waals surface area contributed by atoms with Crippen LogP contribution in [0.25, 0.3) is 0 Å². The fourth-order valence-corrected chi connectivity index (χ4v) is 3.59. The van der Waals surface area contributed by atoms with Gasteiger partial charge in [0.05, 0.1) is 0 Å². The van der Waals surface area contributed by atoms with E-state index < -0.39 is 5.92 Å². The highest BCUT2D eigenvalue weighted by Crippen LogP contribution is 2.60. The van der Waals surface area contributed by atoms with Crippen LogP contribution in [0.2, 0.25) is 0 Å². The SMILES string of the molecule is CC.CC(C)CC1CCC2(CC1)CC(F)(F)C2. The predicted molar refractivity (Wildman–Crippen MR) is 69.4 cm³/mol. The van der Waals surface area contributed by atoms with Gasteiger partial charge in [0.15, 0.2) is 0 Å². The molecular weight excluding hydrogens is 218 g/mol. The van der Waals surface area contributed by atoms with E-state index >= 15 is 0 Å². The Morgan fingerprint density at radius 3 is 1.88 bits per heavy atom. The highest BCUT2D eigenvalue weighted by atomic mass is 19.3. The molecule has 2 fully saturated rings. The normalized spacial score (nSPS) is 26.3. The molecule has 0 aliphatic heterocycles. The Hall–Kier alpha value is -0.140. The van der Waals surface area contributed by atoms with Gasteiger partial charge in [-0.15, -0.1) is 0 Å². The smallest absolute Gasteiger partial charge is 0.207 e. The molecule has 2 rings (SSSR count). The van der Waals surface area contributed by atoms with Gasteiger partial charge in [0.2, 0.25) is 5.92 Å². The zero-order chi connectivity index (χ0) is 13.1. The Labute approximate surface area is 105 Å². The summed E-state index contributed by atoms with van der Waals surface area (Å²) in [4.78, 5) is 0. The zero-order valence-electron chi connectivity index (χ0n) is 11.9. The van der Waals surface area contributed by atoms with Crippen molar-refractivity contribution >= 4 is 0 Å². The van der Waals surface area contributed by atoms with Gasteiger partial charge in [0.1, 0.15) is 0 Å². The maximum Gasteiger partial charge on any atom is 0.249 e. The molecule has 0 nitrogen and oxygen atoms in total. The third-order valence-corrected chi connectivity index (χ3v) is 4.24. The largest absolute Gasteiger partial charge is 0.249 e. The summed E-state index contributed by atoms with van der Waals surface area (Å²) in [5.41, 5.74) is 0.0526. The summed E-state index contributed by atoms with van der Waals surface area (Å²) in [6.07, 6.45) is 6.12. The van der Waals surface area contributed by atoms with E-state index in [0.29, 0.717) is 0 Å². The van der Waals surface area contributed by atoms with E-state index in [1.807, 2.05) is 13.8 Å². The molecule has 2 saturated carbocycles. The van der Waals surface area contributed by atoms with Gasteiger partial charge in [-0.1, -0.05) is 27.7 Å². The molecule has 0 heterocycles. The third kappa shape index (κ3) is 3.93. The van der Waals surface area contributed by atoms with Crippen molar-refractivity contribution in [3.63, 3.8) is 0 Å². The molecule has 0 saturated heterocycles. The van der Waals surface area contributed by atoms with Crippen molar-refractivity contribution in [3.8, 4) is 0 Å². The van der Waals surface area contributed by atoms with Crippen molar-refractivity contribution in [1.29, 1.82) is 0 Å². The maximum atomic E-state index is 12.9. The molecule has 0 amide bonds. The van der Waals surface area contributed by atoms with E-state index in [4.69, 9.17) is 0 Å². The molecule has 0 radical (unpaired) electrons. The molecule has 17 heavy (non-hydrogen) atoms. The first-order chi connectivity index (χ1) is 7.91. The molecule has 0 aromatic rings. The van der Waals surface area contributed by atoms with Crippen LogP contribution in [-0.4, -0.2) is 5.92 Å². The van der Waals surface area contributed by atoms with Gasteiger partial charge in [-0.2, -0.15) is 0 Å². The summed E-state index contributed by atoms with van der Waals surface area (Å²) in [6, 6.07) is 0. The van der Waals surface area contributed by atoms with Crippen molar-refractivity contribution in [3.05, 3.63) is 0 Å². The molecule has 2 heteroatoms. The Balaban J connectivity index is 0.000000686. The van der Waals surface area contributed by atoms with Crippen molar-refractivity contribution in [2.75, 3.05) is 0 Å². The lowest BCUT2D eigenvalue weighted by Gasteiger charge is -2.51. The van der Waals surface area contributed by atoms with Gasteiger partial charge in [-0.05, 0) is 49.4 Å². The fourth-order valence-electron chi connectivity index (χ4n) is 3.59. The molecule has 1 spiro atoms. The van der Waals surface area contributed by atoms with Crippen LogP contribution >= 0.6 is 0 Å². The number of rotatable bonds is 2. The molecule has 0 unspecified atom stereocenters. The molecule has 2 aliphatic carbocycles. The quantitative estimate of drug-likeness (QED) is 0.589. The van der Waals surface area contributed by atoms with Crippen LogP contribution in [0.1, 0.15) is 72.6 Å². The van der Waals surface area contributed by atoms with Crippen molar-refractivity contribution in [2.45, 2.75) is 78.6 Å². The van der Waals surface area contributed by atoms with Crippen LogP contribution in [0.15, 0.2) is 0 Å². The van der Waals surface area contributed by atoms with E-state index in [2.05, 4.69) is 13.8 Å². The fraction of sp³-hybridized carbons (Fsp3) is 1.00. The Bertz CT molecular complexity index is 215. The van der Waals surface area contributed by atoms with Crippen LogP contribution in [0.4, 0.5) is 8.78 Å². The lowest BCUT2D eigenvalue weighted by atomic mass is 9.57. The first-order valence-corrected chi connectivity index (χ1v) is 7.29. The second kappa shape index (κ2) is 5.67. The monoisotopic (exact) mass is 246 g/mol. The standard InChI is InChI=1S/C13H22F2.C2H6/c1-10(2)7-11-3-5-12(6-4-11)8-13(14,15)9-12;1-2/h10-11H,3-9H2,1-2H3;1-2H3. The lowest BCUT2D eigenvalue weighted by molar-refractivity contribution is -0.176. The lowest BCUT2D eigenvalue weighted by Crippen LogP contribution is -2.47. The first-order valence-electron chi connectivity index (χ1n) is 7.29. The first kappa shape index (κ1) is 14.9. The minimum Gasteiger partial charge on any atom is -0.207 e. The average Bonchev–Trinajstić information content (AvgIpc) is 2.21. The van der Waals surface area contributed by atoms with E-state index in [0.717, 1.165) is 24.7 Å². The number of alkyl halides is 2. The van der Waals surface area contributed by atoms with Crippen LogP contribution in [0.3, 0.4) is 0 Å². The number of hydrogen-bond donors (Lipinski definition) is 0. The zero-order valence-corrected chi connectivity index (χ0v) is 11.9. The van der Waals surface area contributed by atoms with Crippen LogP contribution in [0, 0.1) is 17.3 Å². The summed E-state index contributed by atoms with van der Waals surface area (Å²) >= 11 is 0. The summed E-state index contributed by atoms with van der Waals surface area (Å²) < 4.78 is 25.7. The molecule has 0 atom stereocenters. The molecule has 0 bridgehead atoms. The Kier molecular flexibility index (Phi) is 4.97. The highest BCUT2D eigenvalue weighted by Gasteiger charge is 2.56. The highest BCUT2D eigenvalue weighted by molar-refractivity contribution is 5.00. The van der Waals surface area contributed by atoms with Gasteiger partial charge in [-0.25, -0.2) is 8.78 Å². The maximum absolute atomic E-state index is 12.9. The van der Waals surface area contributed by atoms with Crippen LogP contribution in [0.5, 0.6) is 0 Å². The predicted octanol–water partition coefficient (Wildman–Crippen LogP) is 5.66. The summed E-state index contributed by atoms with van der Waals surface area (Å²) in [5.74, 6) is -0.762. The van der Waals surface area contributed by atoms with Gasteiger partial charge >= 0.3 is 0 Å². The summed E-state index contributed by atoms with van der Waals surface area (Å²) in [5, 5.41) is 0. The molecule has 0 N–H and O–H groups in total. The van der Waals surface area contributed by atoms with Crippen molar-refractivity contribution in [2.24, 2.45) is 17.3 Å². The van der Waals surface area contributed by atoms with E-state index in [1.54, 1.807) is 0 Å². The summed E-state index contributed by atoms with van der Waals surface area (Å²) in [7, 11) is 0. The van der Waals surface area contributed by atoms with E-state index in [9.17, 15) is 8.78 Å². The second-order valence-electron chi connectivity index (χ2n) is 6.28. The van der Waals surface area contributed by atoms with Gasteiger partial charge in [0.25, 0.3) is 0 Å². The minimum atomic E-state index is -2.33. The van der Waals surface area contributed by atoms with E-state index in [1.165, 1.54) is 19.3 Å². The molecule has 0 aromatic heterocycles. The summed E-state index contributed by atoms with van der Waals surface area (Å²) in [6.45, 7) is 8.50.